The maximum absolute atomic E-state index is 12.5. The number of aliphatic hydroxyl groups excluding tert-OH is 2. The fourth-order valence-corrected chi connectivity index (χ4v) is 7.26. The largest absolute Gasteiger partial charge is 0.462 e. The molecule has 54 heavy (non-hydrogen) atoms. The first-order chi connectivity index (χ1) is 26.3. The topological polar surface area (TPSA) is 114 Å². The molecule has 0 bridgehead atoms. The molecule has 9 nitrogen and oxygen atoms in total. The van der Waals surface area contributed by atoms with Gasteiger partial charge >= 0.3 is 11.9 Å². The van der Waals surface area contributed by atoms with E-state index in [0.717, 1.165) is 95.8 Å². The molecule has 9 heteroatoms. The van der Waals surface area contributed by atoms with Crippen molar-refractivity contribution in [1.29, 1.82) is 0 Å². The quantitative estimate of drug-likeness (QED) is 0.0505. The normalized spacial score (nSPS) is 13.9. The summed E-state index contributed by atoms with van der Waals surface area (Å²) in [6.07, 6.45) is 29.5. The lowest BCUT2D eigenvalue weighted by atomic mass is 10.1. The second-order valence-electron chi connectivity index (χ2n) is 15.9. The smallest absolute Gasteiger partial charge is 0.306 e. The number of ether oxygens (including phenoxy) is 2. The van der Waals surface area contributed by atoms with Gasteiger partial charge in [-0.2, -0.15) is 0 Å². The minimum Gasteiger partial charge on any atom is -0.462 e. The standard InChI is InChI=1S/C45H85N3O6/c1-6-11-13-15-17-23-29-41(9-4)53-44(51)31-25-19-21-27-39(49)36-47(38-43-46-33-35-48(43)34-8-3)37-40(50)28-22-20-26-32-45(52)54-42(10-5)30-24-18-16-14-12-7-2/h33,35,39-42,49-50H,6-32,34,36-38H2,1-5H3. The number of nitrogens with zero attached hydrogens (tertiary/aromatic N) is 3. The van der Waals surface area contributed by atoms with E-state index in [4.69, 9.17) is 9.47 Å². The number of aromatic nitrogens is 2. The van der Waals surface area contributed by atoms with E-state index >= 15 is 0 Å². The highest BCUT2D eigenvalue weighted by molar-refractivity contribution is 5.69. The molecule has 316 valence electrons. The summed E-state index contributed by atoms with van der Waals surface area (Å²) >= 11 is 0. The first-order valence-corrected chi connectivity index (χ1v) is 22.7. The zero-order valence-electron chi connectivity index (χ0n) is 35.8. The van der Waals surface area contributed by atoms with Crippen LogP contribution in [-0.2, 0) is 32.2 Å². The zero-order chi connectivity index (χ0) is 39.7. The molecule has 4 unspecified atom stereocenters. The van der Waals surface area contributed by atoms with Crippen LogP contribution in [0.3, 0.4) is 0 Å². The van der Waals surface area contributed by atoms with Crippen LogP contribution in [0, 0.1) is 0 Å². The molecule has 0 saturated heterocycles. The molecule has 0 radical (unpaired) electrons. The minimum absolute atomic E-state index is 0.0293. The minimum atomic E-state index is -0.528. The van der Waals surface area contributed by atoms with Gasteiger partial charge in [-0.25, -0.2) is 4.98 Å². The molecule has 0 amide bonds. The van der Waals surface area contributed by atoms with Gasteiger partial charge in [-0.15, -0.1) is 0 Å². The van der Waals surface area contributed by atoms with Gasteiger partial charge in [0.05, 0.1) is 18.8 Å². The zero-order valence-corrected chi connectivity index (χ0v) is 35.8. The summed E-state index contributed by atoms with van der Waals surface area (Å²) in [7, 11) is 0. The average molecular weight is 764 g/mol. The number of aryl methyl sites for hydroxylation is 1. The van der Waals surface area contributed by atoms with Crippen LogP contribution >= 0.6 is 0 Å². The second-order valence-corrected chi connectivity index (χ2v) is 15.9. The number of hydrogen-bond donors (Lipinski definition) is 2. The van der Waals surface area contributed by atoms with Gasteiger partial charge in [0.25, 0.3) is 0 Å². The second kappa shape index (κ2) is 34.3. The van der Waals surface area contributed by atoms with E-state index in [1.807, 2.05) is 12.4 Å². The maximum Gasteiger partial charge on any atom is 0.306 e. The van der Waals surface area contributed by atoms with Crippen LogP contribution in [0.4, 0.5) is 0 Å². The third-order valence-electron chi connectivity index (χ3n) is 10.7. The predicted molar refractivity (Wildman–Crippen MR) is 222 cm³/mol. The molecule has 4 atom stereocenters. The first kappa shape index (κ1) is 50.0. The summed E-state index contributed by atoms with van der Waals surface area (Å²) in [6, 6.07) is 0. The Morgan fingerprint density at radius 3 is 1.48 bits per heavy atom. The molecule has 1 aromatic heterocycles. The molecular formula is C45H85N3O6. The van der Waals surface area contributed by atoms with Crippen molar-refractivity contribution < 1.29 is 29.3 Å². The first-order valence-electron chi connectivity index (χ1n) is 22.7. The van der Waals surface area contributed by atoms with E-state index in [2.05, 4.69) is 49.1 Å². The van der Waals surface area contributed by atoms with Gasteiger partial charge in [-0.1, -0.05) is 125 Å². The Kier molecular flexibility index (Phi) is 31.8. The van der Waals surface area contributed by atoms with Crippen molar-refractivity contribution in [3.63, 3.8) is 0 Å². The molecule has 2 N–H and O–H groups in total. The molecular weight excluding hydrogens is 679 g/mol. The predicted octanol–water partition coefficient (Wildman–Crippen LogP) is 10.9. The summed E-state index contributed by atoms with van der Waals surface area (Å²) < 4.78 is 13.7. The van der Waals surface area contributed by atoms with Crippen LogP contribution < -0.4 is 0 Å². The van der Waals surface area contributed by atoms with E-state index in [-0.39, 0.29) is 24.1 Å². The highest BCUT2D eigenvalue weighted by Gasteiger charge is 2.19. The summed E-state index contributed by atoms with van der Waals surface area (Å²) in [6.45, 7) is 13.2. The van der Waals surface area contributed by atoms with Gasteiger partial charge in [-0.05, 0) is 70.6 Å². The number of carbonyl (C=O) groups excluding carboxylic acids is 2. The molecule has 1 aromatic rings. The molecule has 1 rings (SSSR count). The molecule has 0 fully saturated rings. The van der Waals surface area contributed by atoms with Crippen molar-refractivity contribution in [2.75, 3.05) is 13.1 Å². The van der Waals surface area contributed by atoms with E-state index in [1.54, 1.807) is 0 Å². The Bertz CT molecular complexity index is 963. The Labute approximate surface area is 331 Å². The highest BCUT2D eigenvalue weighted by Crippen LogP contribution is 2.17. The van der Waals surface area contributed by atoms with Crippen LogP contribution in [0.1, 0.15) is 214 Å². The van der Waals surface area contributed by atoms with Crippen molar-refractivity contribution >= 4 is 11.9 Å². The number of esters is 2. The van der Waals surface area contributed by atoms with E-state index in [9.17, 15) is 19.8 Å². The summed E-state index contributed by atoms with van der Waals surface area (Å²) in [5, 5.41) is 22.1. The number of unbranched alkanes of at least 4 members (excludes halogenated alkanes) is 14. The highest BCUT2D eigenvalue weighted by atomic mass is 16.5. The van der Waals surface area contributed by atoms with Crippen molar-refractivity contribution in [1.82, 2.24) is 14.5 Å². The van der Waals surface area contributed by atoms with Crippen molar-refractivity contribution in [3.05, 3.63) is 18.2 Å². The van der Waals surface area contributed by atoms with E-state index in [1.165, 1.54) is 64.2 Å². The molecule has 0 saturated carbocycles. The van der Waals surface area contributed by atoms with E-state index in [0.29, 0.717) is 45.3 Å². The van der Waals surface area contributed by atoms with Gasteiger partial charge in [0, 0.05) is 44.9 Å². The molecule has 0 aromatic carbocycles. The van der Waals surface area contributed by atoms with Gasteiger partial charge < -0.3 is 24.3 Å². The fraction of sp³-hybridized carbons (Fsp3) is 0.889. The molecule has 0 aliphatic carbocycles. The van der Waals surface area contributed by atoms with Crippen molar-refractivity contribution in [2.24, 2.45) is 0 Å². The van der Waals surface area contributed by atoms with Crippen molar-refractivity contribution in [3.8, 4) is 0 Å². The Morgan fingerprint density at radius 2 is 1.04 bits per heavy atom. The number of imidazole rings is 1. The Balaban J connectivity index is 2.42. The number of carbonyl (C=O) groups is 2. The van der Waals surface area contributed by atoms with Crippen LogP contribution in [0.5, 0.6) is 0 Å². The third kappa shape index (κ3) is 26.8. The van der Waals surface area contributed by atoms with E-state index < -0.39 is 12.2 Å². The lowest BCUT2D eigenvalue weighted by Crippen LogP contribution is -2.38. The molecule has 0 aliphatic rings. The Hall–Kier alpha value is -1.97. The SMILES string of the molecule is CCCCCCCCC(CC)OC(=O)CCCCCC(O)CN(Cc1nccn1CCC)CC(O)CCCCCC(=O)OC(CC)CCCCCCCC. The van der Waals surface area contributed by atoms with Crippen LogP contribution in [0.2, 0.25) is 0 Å². The number of rotatable bonds is 38. The summed E-state index contributed by atoms with van der Waals surface area (Å²) in [5.41, 5.74) is 0. The fourth-order valence-electron chi connectivity index (χ4n) is 7.26. The Morgan fingerprint density at radius 1 is 0.611 bits per heavy atom. The maximum atomic E-state index is 12.5. The lowest BCUT2D eigenvalue weighted by molar-refractivity contribution is -0.150. The molecule has 0 spiro atoms. The van der Waals surface area contributed by atoms with Crippen molar-refractivity contribution in [2.45, 2.75) is 245 Å². The number of aliphatic hydroxyl groups is 2. The average Bonchev–Trinajstić information content (AvgIpc) is 3.59. The third-order valence-corrected chi connectivity index (χ3v) is 10.7. The lowest BCUT2D eigenvalue weighted by Gasteiger charge is -2.27. The van der Waals surface area contributed by atoms with Crippen LogP contribution in [0.25, 0.3) is 0 Å². The molecule has 0 aliphatic heterocycles. The van der Waals surface area contributed by atoms with Gasteiger partial charge in [-0.3, -0.25) is 14.5 Å². The van der Waals surface area contributed by atoms with Gasteiger partial charge in [0.15, 0.2) is 0 Å². The molecule has 1 heterocycles. The van der Waals surface area contributed by atoms with Crippen LogP contribution in [0.15, 0.2) is 12.4 Å². The summed E-state index contributed by atoms with van der Waals surface area (Å²) in [4.78, 5) is 31.7. The number of hydrogen-bond acceptors (Lipinski definition) is 8. The van der Waals surface area contributed by atoms with Gasteiger partial charge in [0.2, 0.25) is 0 Å². The summed E-state index contributed by atoms with van der Waals surface area (Å²) in [5.74, 6) is 0.747. The van der Waals surface area contributed by atoms with Crippen LogP contribution in [-0.4, -0.2) is 74.1 Å². The monoisotopic (exact) mass is 764 g/mol. The van der Waals surface area contributed by atoms with Gasteiger partial charge in [0.1, 0.15) is 18.0 Å².